The molecule has 0 saturated heterocycles. The minimum Gasteiger partial charge on any atom is -0.457 e. The van der Waals surface area contributed by atoms with E-state index >= 15 is 0 Å². The molecule has 0 fully saturated rings. The number of imidazole rings is 1. The van der Waals surface area contributed by atoms with Gasteiger partial charge in [0, 0.05) is 24.4 Å². The maximum Gasteiger partial charge on any atom is 0.209 e. The predicted octanol–water partition coefficient (Wildman–Crippen LogP) is 3.26. The number of fused-ring (bicyclic) bond motifs is 1. The number of H-pyrrole nitrogens is 1. The molecular weight excluding hydrogens is 464 g/mol. The summed E-state index contributed by atoms with van der Waals surface area (Å²) in [6.45, 7) is 1.59. The van der Waals surface area contributed by atoms with Gasteiger partial charge in [0.05, 0.1) is 27.9 Å². The van der Waals surface area contributed by atoms with Crippen molar-refractivity contribution in [2.24, 2.45) is 0 Å². The molecule has 2 aromatic carbocycles. The summed E-state index contributed by atoms with van der Waals surface area (Å²) >= 11 is 0. The third-order valence-electron chi connectivity index (χ3n) is 4.89. The molecule has 0 unspecified atom stereocenters. The van der Waals surface area contributed by atoms with Crippen LogP contribution in [-0.2, 0) is 26.4 Å². The highest BCUT2D eigenvalue weighted by Gasteiger charge is 2.15. The molecule has 172 valence electrons. The highest BCUT2D eigenvalue weighted by atomic mass is 32.2. The van der Waals surface area contributed by atoms with Crippen molar-refractivity contribution in [1.82, 2.24) is 19.7 Å². The van der Waals surface area contributed by atoms with Gasteiger partial charge >= 0.3 is 0 Å². The van der Waals surface area contributed by atoms with Gasteiger partial charge in [-0.3, -0.25) is 4.98 Å². The second-order valence-corrected chi connectivity index (χ2v) is 11.5. The van der Waals surface area contributed by atoms with Gasteiger partial charge in [0.25, 0.3) is 0 Å². The number of hydrogen-bond acceptors (Lipinski definition) is 7. The van der Waals surface area contributed by atoms with E-state index in [1.807, 2.05) is 18.2 Å². The van der Waals surface area contributed by atoms with Gasteiger partial charge in [0.2, 0.25) is 10.0 Å². The van der Waals surface area contributed by atoms with Gasteiger partial charge in [-0.05, 0) is 42.5 Å². The lowest BCUT2D eigenvalue weighted by atomic mass is 10.1. The topological polar surface area (TPSA) is 131 Å². The van der Waals surface area contributed by atoms with E-state index in [0.29, 0.717) is 39.6 Å². The number of aromatic nitrogens is 3. The van der Waals surface area contributed by atoms with E-state index in [1.54, 1.807) is 37.4 Å². The summed E-state index contributed by atoms with van der Waals surface area (Å²) in [5.74, 6) is 1.37. The fourth-order valence-electron chi connectivity index (χ4n) is 3.16. The molecule has 11 heteroatoms. The Morgan fingerprint density at radius 2 is 1.79 bits per heavy atom. The van der Waals surface area contributed by atoms with Gasteiger partial charge in [-0.25, -0.2) is 26.5 Å². The van der Waals surface area contributed by atoms with E-state index in [-0.39, 0.29) is 17.2 Å². The van der Waals surface area contributed by atoms with E-state index in [4.69, 9.17) is 4.74 Å². The zero-order valence-corrected chi connectivity index (χ0v) is 19.6. The number of rotatable bonds is 8. The van der Waals surface area contributed by atoms with Crippen LogP contribution in [0.2, 0.25) is 0 Å². The molecule has 4 aromatic rings. The first kappa shape index (κ1) is 22.9. The van der Waals surface area contributed by atoms with Crippen LogP contribution in [0.15, 0.2) is 65.7 Å². The summed E-state index contributed by atoms with van der Waals surface area (Å²) in [4.78, 5) is 12.3. The zero-order chi connectivity index (χ0) is 23.6. The maximum atomic E-state index is 12.0. The van der Waals surface area contributed by atoms with Crippen LogP contribution in [0.25, 0.3) is 22.6 Å². The number of nitrogens with one attached hydrogen (secondary N) is 2. The quantitative estimate of drug-likeness (QED) is 0.391. The number of aromatic amines is 1. The highest BCUT2D eigenvalue weighted by molar-refractivity contribution is 7.91. The average molecular weight is 487 g/mol. The summed E-state index contributed by atoms with van der Waals surface area (Å²) in [5.41, 5.74) is 2.55. The Morgan fingerprint density at radius 3 is 2.42 bits per heavy atom. The Kier molecular flexibility index (Phi) is 6.19. The van der Waals surface area contributed by atoms with Crippen LogP contribution < -0.4 is 9.46 Å². The molecule has 0 amide bonds. The standard InChI is InChI=1S/C22H22N4O5S2/c1-3-33(29,30)17-9-7-16(8-10-17)31-21-13-20-19(12-15(21)14-24-32(2,27)28)25-22(26-20)18-6-4-5-11-23-18/h4-13,24H,3,14H2,1-2H3,(H,25,26). The largest absolute Gasteiger partial charge is 0.457 e. The van der Waals surface area contributed by atoms with Gasteiger partial charge in [0.15, 0.2) is 15.7 Å². The van der Waals surface area contributed by atoms with Crippen molar-refractivity contribution < 1.29 is 21.6 Å². The number of hydrogen-bond donors (Lipinski definition) is 2. The molecule has 0 radical (unpaired) electrons. The summed E-state index contributed by atoms with van der Waals surface area (Å²) in [7, 11) is -6.76. The molecule has 0 atom stereocenters. The summed E-state index contributed by atoms with van der Waals surface area (Å²) in [5, 5.41) is 0. The molecular formula is C22H22N4O5S2. The van der Waals surface area contributed by atoms with E-state index in [0.717, 1.165) is 6.26 Å². The van der Waals surface area contributed by atoms with Gasteiger partial charge in [-0.2, -0.15) is 0 Å². The van der Waals surface area contributed by atoms with Crippen molar-refractivity contribution in [3.8, 4) is 23.0 Å². The molecule has 0 saturated carbocycles. The summed E-state index contributed by atoms with van der Waals surface area (Å²) < 4.78 is 55.9. The average Bonchev–Trinajstić information content (AvgIpc) is 3.21. The Hall–Kier alpha value is -3.28. The van der Waals surface area contributed by atoms with Crippen LogP contribution in [0.5, 0.6) is 11.5 Å². The number of sulfonamides is 1. The maximum absolute atomic E-state index is 12.0. The van der Waals surface area contributed by atoms with E-state index < -0.39 is 19.9 Å². The SMILES string of the molecule is CCS(=O)(=O)c1ccc(Oc2cc3nc(-c4ccccn4)[nH]c3cc2CNS(C)(=O)=O)cc1. The minimum absolute atomic E-state index is 0.00292. The third kappa shape index (κ3) is 5.38. The molecule has 0 spiro atoms. The first-order valence-electron chi connectivity index (χ1n) is 10.0. The molecule has 33 heavy (non-hydrogen) atoms. The van der Waals surface area contributed by atoms with Crippen molar-refractivity contribution in [3.63, 3.8) is 0 Å². The van der Waals surface area contributed by atoms with Crippen molar-refractivity contribution in [1.29, 1.82) is 0 Å². The second-order valence-electron chi connectivity index (χ2n) is 7.35. The van der Waals surface area contributed by atoms with Crippen LogP contribution in [0.1, 0.15) is 12.5 Å². The van der Waals surface area contributed by atoms with Crippen molar-refractivity contribution in [3.05, 3.63) is 66.4 Å². The lowest BCUT2D eigenvalue weighted by Gasteiger charge is -2.12. The molecule has 0 aliphatic carbocycles. The monoisotopic (exact) mass is 486 g/mol. The molecule has 9 nitrogen and oxygen atoms in total. The number of benzene rings is 2. The molecule has 2 N–H and O–H groups in total. The van der Waals surface area contributed by atoms with Gasteiger partial charge in [-0.1, -0.05) is 13.0 Å². The van der Waals surface area contributed by atoms with Crippen LogP contribution in [-0.4, -0.2) is 43.8 Å². The Bertz CT molecular complexity index is 1500. The molecule has 4 rings (SSSR count). The number of ether oxygens (including phenoxy) is 1. The van der Waals surface area contributed by atoms with Crippen LogP contribution in [0.3, 0.4) is 0 Å². The van der Waals surface area contributed by atoms with Crippen LogP contribution in [0, 0.1) is 0 Å². The molecule has 0 aliphatic rings. The van der Waals surface area contributed by atoms with Crippen LogP contribution in [0.4, 0.5) is 0 Å². The lowest BCUT2D eigenvalue weighted by molar-refractivity contribution is 0.475. The van der Waals surface area contributed by atoms with Gasteiger partial charge in [0.1, 0.15) is 17.2 Å². The normalized spacial score (nSPS) is 12.2. The fraction of sp³-hybridized carbons (Fsp3) is 0.182. The van der Waals surface area contributed by atoms with Crippen LogP contribution >= 0.6 is 0 Å². The number of pyridine rings is 1. The molecule has 2 heterocycles. The fourth-order valence-corrected chi connectivity index (χ4v) is 4.46. The van der Waals surface area contributed by atoms with E-state index in [9.17, 15) is 16.8 Å². The minimum atomic E-state index is -3.44. The summed E-state index contributed by atoms with van der Waals surface area (Å²) in [6, 6.07) is 15.0. The Morgan fingerprint density at radius 1 is 1.03 bits per heavy atom. The first-order chi connectivity index (χ1) is 15.6. The molecule has 0 aliphatic heterocycles. The zero-order valence-electron chi connectivity index (χ0n) is 17.9. The molecule has 0 bridgehead atoms. The van der Waals surface area contributed by atoms with Gasteiger partial charge in [-0.15, -0.1) is 0 Å². The predicted molar refractivity (Wildman–Crippen MR) is 125 cm³/mol. The first-order valence-corrected chi connectivity index (χ1v) is 13.6. The number of nitrogens with zero attached hydrogens (tertiary/aromatic N) is 2. The van der Waals surface area contributed by atoms with Crippen molar-refractivity contribution in [2.45, 2.75) is 18.4 Å². The second kappa shape index (κ2) is 8.93. The molecule has 2 aromatic heterocycles. The Labute approximate surface area is 191 Å². The van der Waals surface area contributed by atoms with E-state index in [1.165, 1.54) is 12.1 Å². The smallest absolute Gasteiger partial charge is 0.209 e. The van der Waals surface area contributed by atoms with Crippen molar-refractivity contribution in [2.75, 3.05) is 12.0 Å². The lowest BCUT2D eigenvalue weighted by Crippen LogP contribution is -2.21. The highest BCUT2D eigenvalue weighted by Crippen LogP contribution is 2.31. The van der Waals surface area contributed by atoms with Crippen molar-refractivity contribution >= 4 is 30.9 Å². The Balaban J connectivity index is 1.72. The third-order valence-corrected chi connectivity index (χ3v) is 7.31. The van der Waals surface area contributed by atoms with E-state index in [2.05, 4.69) is 19.7 Å². The summed E-state index contributed by atoms with van der Waals surface area (Å²) in [6.07, 6.45) is 2.75. The van der Waals surface area contributed by atoms with Gasteiger partial charge < -0.3 is 9.72 Å². The number of sulfone groups is 1.